The Bertz CT molecular complexity index is 723. The molecule has 2 rings (SSSR count). The van der Waals surface area contributed by atoms with Crippen LogP contribution in [0.1, 0.15) is 17.5 Å². The second-order valence-corrected chi connectivity index (χ2v) is 5.86. The molecular formula is C19H21N3O3S. The Labute approximate surface area is 157 Å². The summed E-state index contributed by atoms with van der Waals surface area (Å²) in [5.74, 6) is -0.101. The zero-order valence-corrected chi connectivity index (χ0v) is 15.1. The van der Waals surface area contributed by atoms with Crippen LogP contribution in [0.25, 0.3) is 0 Å². The normalized spacial score (nSPS) is 9.85. The van der Waals surface area contributed by atoms with Crippen LogP contribution < -0.4 is 16.0 Å². The van der Waals surface area contributed by atoms with Gasteiger partial charge in [-0.1, -0.05) is 60.7 Å². The molecule has 136 valence electrons. The van der Waals surface area contributed by atoms with E-state index in [-0.39, 0.29) is 24.0 Å². The van der Waals surface area contributed by atoms with Gasteiger partial charge in [-0.15, -0.1) is 0 Å². The van der Waals surface area contributed by atoms with E-state index in [2.05, 4.69) is 16.0 Å². The lowest BCUT2D eigenvalue weighted by Gasteiger charge is -2.10. The van der Waals surface area contributed by atoms with E-state index in [0.717, 1.165) is 11.1 Å². The molecule has 0 heterocycles. The smallest absolute Gasteiger partial charge is 0.413 e. The van der Waals surface area contributed by atoms with E-state index in [1.165, 1.54) is 0 Å². The van der Waals surface area contributed by atoms with E-state index < -0.39 is 6.09 Å². The summed E-state index contributed by atoms with van der Waals surface area (Å²) < 4.78 is 5.06. The van der Waals surface area contributed by atoms with Crippen LogP contribution in [0.3, 0.4) is 0 Å². The molecule has 26 heavy (non-hydrogen) atoms. The molecule has 0 bridgehead atoms. The van der Waals surface area contributed by atoms with Crippen molar-refractivity contribution in [1.29, 1.82) is 0 Å². The van der Waals surface area contributed by atoms with Gasteiger partial charge >= 0.3 is 6.09 Å². The van der Waals surface area contributed by atoms with Crippen LogP contribution in [0, 0.1) is 0 Å². The first-order valence-corrected chi connectivity index (χ1v) is 8.60. The number of carbonyl (C=O) groups is 2. The van der Waals surface area contributed by atoms with Gasteiger partial charge in [0, 0.05) is 19.5 Å². The molecule has 7 heteroatoms. The van der Waals surface area contributed by atoms with Gasteiger partial charge in [0.1, 0.15) is 6.61 Å². The molecule has 0 aliphatic heterocycles. The van der Waals surface area contributed by atoms with E-state index in [0.29, 0.717) is 13.1 Å². The van der Waals surface area contributed by atoms with Gasteiger partial charge in [0.05, 0.1) is 0 Å². The predicted octanol–water partition coefficient (Wildman–Crippen LogP) is 2.49. The fourth-order valence-electron chi connectivity index (χ4n) is 2.07. The van der Waals surface area contributed by atoms with Crippen LogP contribution in [0.5, 0.6) is 0 Å². The van der Waals surface area contributed by atoms with Crippen LogP contribution in [0.15, 0.2) is 60.7 Å². The average molecular weight is 371 g/mol. The summed E-state index contributed by atoms with van der Waals surface area (Å²) in [6.07, 6.45) is -0.395. The van der Waals surface area contributed by atoms with Gasteiger partial charge in [0.2, 0.25) is 5.91 Å². The molecule has 0 unspecified atom stereocenters. The summed E-state index contributed by atoms with van der Waals surface area (Å²) in [5.41, 5.74) is 1.92. The fraction of sp³-hybridized carbons (Fsp3) is 0.211. The molecular weight excluding hydrogens is 350 g/mol. The number of hydrogen-bond donors (Lipinski definition) is 3. The van der Waals surface area contributed by atoms with Crippen molar-refractivity contribution in [3.05, 3.63) is 71.8 Å². The van der Waals surface area contributed by atoms with Gasteiger partial charge in [-0.25, -0.2) is 4.79 Å². The topological polar surface area (TPSA) is 79.5 Å². The third-order valence-corrected chi connectivity index (χ3v) is 3.64. The van der Waals surface area contributed by atoms with Gasteiger partial charge in [-0.3, -0.25) is 10.1 Å². The second kappa shape index (κ2) is 10.8. The van der Waals surface area contributed by atoms with E-state index in [1.54, 1.807) is 0 Å². The van der Waals surface area contributed by atoms with Crippen molar-refractivity contribution < 1.29 is 14.3 Å². The highest BCUT2D eigenvalue weighted by Gasteiger charge is 2.07. The lowest BCUT2D eigenvalue weighted by Crippen LogP contribution is -2.40. The molecule has 6 nitrogen and oxygen atoms in total. The molecule has 0 saturated carbocycles. The first-order valence-electron chi connectivity index (χ1n) is 8.19. The summed E-state index contributed by atoms with van der Waals surface area (Å²) in [6, 6.07) is 19.0. The Morgan fingerprint density at radius 2 is 1.50 bits per heavy atom. The number of carbonyl (C=O) groups excluding carboxylic acids is 2. The quantitative estimate of drug-likeness (QED) is 0.652. The lowest BCUT2D eigenvalue weighted by molar-refractivity contribution is -0.121. The summed E-state index contributed by atoms with van der Waals surface area (Å²) in [4.78, 5) is 23.4. The number of hydrogen-bond acceptors (Lipinski definition) is 4. The molecule has 3 N–H and O–H groups in total. The number of ether oxygens (including phenoxy) is 1. The van der Waals surface area contributed by atoms with Crippen LogP contribution in [0.4, 0.5) is 4.79 Å². The monoisotopic (exact) mass is 371 g/mol. The number of rotatable bonds is 7. The maximum atomic E-state index is 11.8. The maximum Gasteiger partial charge on any atom is 0.413 e. The Morgan fingerprint density at radius 3 is 2.15 bits per heavy atom. The number of alkyl carbamates (subject to hydrolysis) is 1. The molecule has 0 saturated heterocycles. The van der Waals surface area contributed by atoms with Crippen molar-refractivity contribution in [3.63, 3.8) is 0 Å². The summed E-state index contributed by atoms with van der Waals surface area (Å²) in [6.45, 7) is 0.962. The third kappa shape index (κ3) is 7.76. The van der Waals surface area contributed by atoms with Crippen molar-refractivity contribution in [2.75, 3.05) is 6.54 Å². The third-order valence-electron chi connectivity index (χ3n) is 3.40. The number of amides is 2. The molecule has 2 aromatic carbocycles. The number of thiocarbonyl (C=S) groups is 1. The van der Waals surface area contributed by atoms with E-state index in [4.69, 9.17) is 17.0 Å². The average Bonchev–Trinajstić information content (AvgIpc) is 2.66. The minimum atomic E-state index is -0.639. The van der Waals surface area contributed by atoms with Crippen molar-refractivity contribution >= 4 is 29.3 Å². The van der Waals surface area contributed by atoms with Crippen LogP contribution in [0.2, 0.25) is 0 Å². The van der Waals surface area contributed by atoms with E-state index >= 15 is 0 Å². The molecule has 0 radical (unpaired) electrons. The van der Waals surface area contributed by atoms with Gasteiger partial charge in [-0.2, -0.15) is 0 Å². The molecule has 0 aromatic heterocycles. The minimum Gasteiger partial charge on any atom is -0.444 e. The highest BCUT2D eigenvalue weighted by Crippen LogP contribution is 2.00. The Hall–Kier alpha value is -2.93. The number of benzene rings is 2. The van der Waals surface area contributed by atoms with Crippen molar-refractivity contribution in [3.8, 4) is 0 Å². The zero-order chi connectivity index (χ0) is 18.6. The molecule has 0 aliphatic rings. The molecule has 2 amide bonds. The van der Waals surface area contributed by atoms with Crippen molar-refractivity contribution in [1.82, 2.24) is 16.0 Å². The second-order valence-electron chi connectivity index (χ2n) is 5.45. The van der Waals surface area contributed by atoms with Gasteiger partial charge in [0.25, 0.3) is 0 Å². The lowest BCUT2D eigenvalue weighted by atomic mass is 10.2. The first-order chi connectivity index (χ1) is 12.6. The summed E-state index contributed by atoms with van der Waals surface area (Å²) >= 11 is 5.00. The van der Waals surface area contributed by atoms with Crippen molar-refractivity contribution in [2.24, 2.45) is 0 Å². The van der Waals surface area contributed by atoms with Crippen LogP contribution in [-0.2, 0) is 22.7 Å². The van der Waals surface area contributed by atoms with Crippen LogP contribution >= 0.6 is 12.2 Å². The Kier molecular flexibility index (Phi) is 8.08. The molecule has 0 aliphatic carbocycles. The standard InChI is InChI=1S/C19H21N3O3S/c23-17(21-13-15-7-3-1-4-8-15)11-12-20-18(26)22-19(24)25-14-16-9-5-2-6-10-16/h1-10H,11-14H2,(H,21,23)(H2,20,22,24,26). The molecule has 0 spiro atoms. The molecule has 2 aromatic rings. The fourth-order valence-corrected chi connectivity index (χ4v) is 2.26. The first kappa shape index (κ1) is 19.4. The predicted molar refractivity (Wildman–Crippen MR) is 103 cm³/mol. The highest BCUT2D eigenvalue weighted by atomic mass is 32.1. The molecule has 0 fully saturated rings. The summed E-state index contributed by atoms with van der Waals surface area (Å²) in [5, 5.41) is 8.15. The summed E-state index contributed by atoms with van der Waals surface area (Å²) in [7, 11) is 0. The largest absolute Gasteiger partial charge is 0.444 e. The van der Waals surface area contributed by atoms with Gasteiger partial charge < -0.3 is 15.4 Å². The molecule has 0 atom stereocenters. The maximum absolute atomic E-state index is 11.8. The van der Waals surface area contributed by atoms with Gasteiger partial charge in [-0.05, 0) is 23.3 Å². The van der Waals surface area contributed by atoms with E-state index in [9.17, 15) is 9.59 Å². The zero-order valence-electron chi connectivity index (χ0n) is 14.2. The SMILES string of the molecule is O=C(CCNC(=S)NC(=O)OCc1ccccc1)NCc1ccccc1. The van der Waals surface area contributed by atoms with Crippen LogP contribution in [-0.4, -0.2) is 23.7 Å². The van der Waals surface area contributed by atoms with Crippen molar-refractivity contribution in [2.45, 2.75) is 19.6 Å². The number of nitrogens with one attached hydrogen (secondary N) is 3. The van der Waals surface area contributed by atoms with Gasteiger partial charge in [0.15, 0.2) is 5.11 Å². The Morgan fingerprint density at radius 1 is 0.885 bits per heavy atom. The Balaban J connectivity index is 1.56. The van der Waals surface area contributed by atoms with E-state index in [1.807, 2.05) is 60.7 Å². The highest BCUT2D eigenvalue weighted by molar-refractivity contribution is 7.80. The minimum absolute atomic E-state index is 0.101.